The number of benzene rings is 4. The van der Waals surface area contributed by atoms with Gasteiger partial charge in [-0.25, -0.2) is 0 Å². The molecule has 4 aromatic carbocycles. The van der Waals surface area contributed by atoms with Gasteiger partial charge in [0.2, 0.25) is 0 Å². The van der Waals surface area contributed by atoms with E-state index in [1.165, 1.54) is 27.3 Å². The molecule has 1 aliphatic rings. The van der Waals surface area contributed by atoms with Gasteiger partial charge in [-0.15, -0.1) is 0 Å². The number of hydrogen-bond acceptors (Lipinski definition) is 2. The lowest BCUT2D eigenvalue weighted by Gasteiger charge is -2.28. The third-order valence-electron chi connectivity index (χ3n) is 6.90. The molecule has 0 aliphatic carbocycles. The quantitative estimate of drug-likeness (QED) is 0.240. The second kappa shape index (κ2) is 7.55. The predicted octanol–water partition coefficient (Wildman–Crippen LogP) is 9.49. The lowest BCUT2D eigenvalue weighted by atomic mass is 9.83. The second-order valence-electron chi connectivity index (χ2n) is 12.4. The van der Waals surface area contributed by atoms with E-state index in [2.05, 4.69) is 96.1 Å². The molecule has 0 fully saturated rings. The van der Waals surface area contributed by atoms with Crippen molar-refractivity contribution in [2.75, 3.05) is 0 Å². The molecule has 0 atom stereocenters. The van der Waals surface area contributed by atoms with Crippen LogP contribution in [-0.2, 0) is 12.8 Å². The first-order valence-electron chi connectivity index (χ1n) is 13.1. The standard InChI is InChI=1S/C33H33NO/c1-32(2,3)18-21-11-9-13-23-24-14-15-34-30-26-16-20-10-7-8-12-22(20)27(19-33(4,5)6)31(26)35-28(29(24)30)17-25(21)23/h7-17H,18-19H2,1-6H3/i15D. The number of aromatic nitrogens is 1. The van der Waals surface area contributed by atoms with Gasteiger partial charge < -0.3 is 4.74 Å². The van der Waals surface area contributed by atoms with Crippen molar-refractivity contribution < 1.29 is 6.11 Å². The van der Waals surface area contributed by atoms with E-state index in [0.29, 0.717) is 0 Å². The van der Waals surface area contributed by atoms with Gasteiger partial charge in [0.1, 0.15) is 11.5 Å². The number of hydrogen-bond donors (Lipinski definition) is 0. The number of nitrogens with zero attached hydrogens (tertiary/aromatic N) is 1. The van der Waals surface area contributed by atoms with E-state index in [0.717, 1.165) is 51.8 Å². The molecule has 0 unspecified atom stereocenters. The molecule has 1 aliphatic heterocycles. The Hall–Kier alpha value is -3.39. The van der Waals surface area contributed by atoms with Crippen molar-refractivity contribution in [1.29, 1.82) is 0 Å². The zero-order chi connectivity index (χ0) is 25.4. The maximum absolute atomic E-state index is 8.64. The minimum Gasteiger partial charge on any atom is -0.456 e. The highest BCUT2D eigenvalue weighted by Gasteiger charge is 2.28. The maximum atomic E-state index is 8.64. The molecule has 2 nitrogen and oxygen atoms in total. The molecule has 1 aromatic heterocycles. The van der Waals surface area contributed by atoms with Crippen molar-refractivity contribution in [2.45, 2.75) is 54.4 Å². The summed E-state index contributed by atoms with van der Waals surface area (Å²) in [5, 5.41) is 6.83. The fraction of sp³-hybridized carbons (Fsp3) is 0.303. The molecular formula is C33H33NO. The van der Waals surface area contributed by atoms with E-state index in [1.54, 1.807) is 0 Å². The largest absolute Gasteiger partial charge is 0.456 e. The van der Waals surface area contributed by atoms with Crippen LogP contribution in [0.1, 0.15) is 54.0 Å². The van der Waals surface area contributed by atoms with Crippen molar-refractivity contribution in [1.82, 2.24) is 4.98 Å². The van der Waals surface area contributed by atoms with Gasteiger partial charge >= 0.3 is 0 Å². The first-order chi connectivity index (χ1) is 17.0. The molecule has 0 saturated carbocycles. The molecule has 5 aromatic rings. The molecule has 0 amide bonds. The van der Waals surface area contributed by atoms with E-state index in [1.807, 2.05) is 6.07 Å². The van der Waals surface area contributed by atoms with Gasteiger partial charge in [-0.1, -0.05) is 84.0 Å². The van der Waals surface area contributed by atoms with E-state index >= 15 is 0 Å². The van der Waals surface area contributed by atoms with Crippen LogP contribution in [0.2, 0.25) is 0 Å². The summed E-state index contributed by atoms with van der Waals surface area (Å²) in [5.74, 6) is 1.74. The SMILES string of the molecule is [2H]c1cc2c3c(cc4c(CC(C)(C)C)cccc42)Oc2c(cc4ccccc4c2CC(C)(C)C)-c3n1. The van der Waals surface area contributed by atoms with E-state index in [9.17, 15) is 0 Å². The lowest BCUT2D eigenvalue weighted by molar-refractivity contribution is 0.400. The molecule has 2 heterocycles. The van der Waals surface area contributed by atoms with Crippen molar-refractivity contribution in [3.05, 3.63) is 78.0 Å². The smallest absolute Gasteiger partial charge is 0.140 e. The Morgan fingerprint density at radius 2 is 1.51 bits per heavy atom. The van der Waals surface area contributed by atoms with Gasteiger partial charge in [-0.2, -0.15) is 0 Å². The lowest BCUT2D eigenvalue weighted by Crippen LogP contribution is -2.12. The molecule has 0 saturated heterocycles. The summed E-state index contributed by atoms with van der Waals surface area (Å²) in [6, 6.07) is 21.4. The summed E-state index contributed by atoms with van der Waals surface area (Å²) >= 11 is 0. The number of pyridine rings is 1. The Bertz CT molecular complexity index is 1690. The highest BCUT2D eigenvalue weighted by atomic mass is 16.5. The van der Waals surface area contributed by atoms with E-state index in [-0.39, 0.29) is 17.0 Å². The third kappa shape index (κ3) is 3.76. The van der Waals surface area contributed by atoms with Gasteiger partial charge in [-0.3, -0.25) is 4.98 Å². The van der Waals surface area contributed by atoms with Crippen LogP contribution in [-0.4, -0.2) is 4.98 Å². The predicted molar refractivity (Wildman–Crippen MR) is 149 cm³/mol. The number of ether oxygens (including phenoxy) is 1. The number of fused-ring (bicyclic) bond motifs is 5. The first-order valence-corrected chi connectivity index (χ1v) is 12.6. The molecule has 6 rings (SSSR count). The van der Waals surface area contributed by atoms with Crippen molar-refractivity contribution >= 4 is 32.3 Å². The van der Waals surface area contributed by atoms with Crippen LogP contribution in [0.3, 0.4) is 0 Å². The molecule has 176 valence electrons. The van der Waals surface area contributed by atoms with Crippen LogP contribution in [0.15, 0.2) is 66.8 Å². The van der Waals surface area contributed by atoms with Gasteiger partial charge in [0, 0.05) is 17.3 Å². The minimum absolute atomic E-state index is 0.0881. The van der Waals surface area contributed by atoms with Gasteiger partial charge in [0.25, 0.3) is 0 Å². The van der Waals surface area contributed by atoms with Crippen molar-refractivity contribution in [3.8, 4) is 22.8 Å². The molecule has 35 heavy (non-hydrogen) atoms. The zero-order valence-corrected chi connectivity index (χ0v) is 21.5. The molecule has 0 bridgehead atoms. The Morgan fingerprint density at radius 1 is 0.771 bits per heavy atom. The van der Waals surface area contributed by atoms with Crippen molar-refractivity contribution in [3.63, 3.8) is 0 Å². The molecule has 0 N–H and O–H groups in total. The van der Waals surface area contributed by atoms with Crippen LogP contribution >= 0.6 is 0 Å². The van der Waals surface area contributed by atoms with E-state index < -0.39 is 0 Å². The Balaban J connectivity index is 1.72. The fourth-order valence-corrected chi connectivity index (χ4v) is 5.61. The normalized spacial score (nSPS) is 13.7. The van der Waals surface area contributed by atoms with Crippen LogP contribution in [0.25, 0.3) is 43.6 Å². The summed E-state index contributed by atoms with van der Waals surface area (Å²) in [6.07, 6.45) is 2.14. The van der Waals surface area contributed by atoms with Gasteiger partial charge in [0.15, 0.2) is 0 Å². The average molecular weight is 461 g/mol. The first kappa shape index (κ1) is 20.9. The van der Waals surface area contributed by atoms with Crippen LogP contribution in [0.4, 0.5) is 0 Å². The van der Waals surface area contributed by atoms with Crippen LogP contribution in [0, 0.1) is 10.8 Å². The monoisotopic (exact) mass is 460 g/mol. The minimum atomic E-state index is 0.0881. The highest BCUT2D eigenvalue weighted by molar-refractivity contribution is 6.17. The molecular weight excluding hydrogens is 426 g/mol. The molecule has 0 radical (unpaired) electrons. The third-order valence-corrected chi connectivity index (χ3v) is 6.90. The van der Waals surface area contributed by atoms with Crippen LogP contribution < -0.4 is 4.74 Å². The number of rotatable bonds is 2. The zero-order valence-electron chi connectivity index (χ0n) is 22.5. The topological polar surface area (TPSA) is 22.1 Å². The Labute approximate surface area is 209 Å². The fourth-order valence-electron chi connectivity index (χ4n) is 5.61. The van der Waals surface area contributed by atoms with Crippen molar-refractivity contribution in [2.24, 2.45) is 10.8 Å². The summed E-state index contributed by atoms with van der Waals surface area (Å²) in [4.78, 5) is 4.79. The maximum Gasteiger partial charge on any atom is 0.140 e. The van der Waals surface area contributed by atoms with Gasteiger partial charge in [0.05, 0.1) is 12.5 Å². The summed E-state index contributed by atoms with van der Waals surface area (Å²) in [7, 11) is 0. The molecule has 2 heteroatoms. The average Bonchev–Trinajstić information content (AvgIpc) is 2.78. The second-order valence-corrected chi connectivity index (χ2v) is 12.4. The van der Waals surface area contributed by atoms with Crippen LogP contribution in [0.5, 0.6) is 11.5 Å². The summed E-state index contributed by atoms with van der Waals surface area (Å²) in [5.41, 5.74) is 4.63. The molecule has 0 spiro atoms. The van der Waals surface area contributed by atoms with Gasteiger partial charge in [-0.05, 0) is 74.4 Å². The summed E-state index contributed by atoms with van der Waals surface area (Å²) in [6.45, 7) is 13.6. The summed E-state index contributed by atoms with van der Waals surface area (Å²) < 4.78 is 15.5. The Kier molecular flexibility index (Phi) is 4.52. The Morgan fingerprint density at radius 3 is 2.29 bits per heavy atom. The van der Waals surface area contributed by atoms with E-state index in [4.69, 9.17) is 11.1 Å². The highest BCUT2D eigenvalue weighted by Crippen LogP contribution is 2.51.